The van der Waals surface area contributed by atoms with Gasteiger partial charge in [0, 0.05) is 5.69 Å². The van der Waals surface area contributed by atoms with E-state index in [0.717, 1.165) is 11.3 Å². The van der Waals surface area contributed by atoms with Crippen molar-refractivity contribution in [3.8, 4) is 5.75 Å². The van der Waals surface area contributed by atoms with Gasteiger partial charge in [0.2, 0.25) is 0 Å². The zero-order valence-electron chi connectivity index (χ0n) is 16.3. The van der Waals surface area contributed by atoms with E-state index in [0.29, 0.717) is 22.7 Å². The number of amides is 1. The summed E-state index contributed by atoms with van der Waals surface area (Å²) in [6, 6.07) is 21.9. The maximum atomic E-state index is 12.5. The summed E-state index contributed by atoms with van der Waals surface area (Å²) in [6.45, 7) is 1.50. The molecular formula is C23H22N2O4. The van der Waals surface area contributed by atoms with Crippen molar-refractivity contribution in [2.24, 2.45) is 0 Å². The SMILES string of the molecule is COc1ccc(C)cc1NC(=O)COC(=O)c1ccccc1Nc1ccccc1. The van der Waals surface area contributed by atoms with Crippen LogP contribution in [0.1, 0.15) is 15.9 Å². The first-order chi connectivity index (χ1) is 14.1. The first-order valence-corrected chi connectivity index (χ1v) is 9.09. The van der Waals surface area contributed by atoms with Crippen LogP contribution in [0.4, 0.5) is 17.1 Å². The molecule has 2 N–H and O–H groups in total. The zero-order valence-corrected chi connectivity index (χ0v) is 16.3. The number of para-hydroxylation sites is 2. The van der Waals surface area contributed by atoms with Crippen molar-refractivity contribution >= 4 is 28.9 Å². The number of rotatable bonds is 7. The molecule has 0 radical (unpaired) electrons. The topological polar surface area (TPSA) is 76.7 Å². The lowest BCUT2D eigenvalue weighted by Crippen LogP contribution is -2.21. The Balaban J connectivity index is 1.64. The molecule has 0 unspecified atom stereocenters. The lowest BCUT2D eigenvalue weighted by Gasteiger charge is -2.13. The van der Waals surface area contributed by atoms with E-state index in [9.17, 15) is 9.59 Å². The Labute approximate surface area is 169 Å². The highest BCUT2D eigenvalue weighted by Crippen LogP contribution is 2.25. The molecule has 29 heavy (non-hydrogen) atoms. The van der Waals surface area contributed by atoms with E-state index in [4.69, 9.17) is 9.47 Å². The molecule has 6 heteroatoms. The van der Waals surface area contributed by atoms with Crippen molar-refractivity contribution in [2.45, 2.75) is 6.92 Å². The van der Waals surface area contributed by atoms with Crippen LogP contribution in [0.3, 0.4) is 0 Å². The summed E-state index contributed by atoms with van der Waals surface area (Å²) in [4.78, 5) is 24.8. The van der Waals surface area contributed by atoms with Crippen LogP contribution in [-0.4, -0.2) is 25.6 Å². The number of esters is 1. The maximum absolute atomic E-state index is 12.5. The van der Waals surface area contributed by atoms with Gasteiger partial charge < -0.3 is 20.1 Å². The van der Waals surface area contributed by atoms with Gasteiger partial charge in [0.25, 0.3) is 5.91 Å². The number of hydrogen-bond acceptors (Lipinski definition) is 5. The van der Waals surface area contributed by atoms with Gasteiger partial charge in [-0.25, -0.2) is 4.79 Å². The van der Waals surface area contributed by atoms with Gasteiger partial charge in [0.05, 0.1) is 24.0 Å². The van der Waals surface area contributed by atoms with E-state index in [1.54, 1.807) is 30.3 Å². The van der Waals surface area contributed by atoms with Crippen molar-refractivity contribution in [1.29, 1.82) is 0 Å². The number of methoxy groups -OCH3 is 1. The molecular weight excluding hydrogens is 368 g/mol. The highest BCUT2D eigenvalue weighted by Gasteiger charge is 2.15. The smallest absolute Gasteiger partial charge is 0.340 e. The largest absolute Gasteiger partial charge is 0.495 e. The van der Waals surface area contributed by atoms with Crippen LogP contribution in [0, 0.1) is 6.92 Å². The van der Waals surface area contributed by atoms with Crippen molar-refractivity contribution < 1.29 is 19.1 Å². The molecule has 1 amide bonds. The standard InChI is InChI=1S/C23H22N2O4/c1-16-12-13-21(28-2)20(14-16)25-22(26)15-29-23(27)18-10-6-7-11-19(18)24-17-8-4-3-5-9-17/h3-14,24H,15H2,1-2H3,(H,25,26). The first kappa shape index (κ1) is 19.9. The third-order valence-electron chi connectivity index (χ3n) is 4.16. The molecule has 0 aliphatic rings. The lowest BCUT2D eigenvalue weighted by atomic mass is 10.1. The molecule has 0 spiro atoms. The molecule has 0 saturated carbocycles. The van der Waals surface area contributed by atoms with E-state index in [2.05, 4.69) is 10.6 Å². The second kappa shape index (κ2) is 9.41. The fraction of sp³-hybridized carbons (Fsp3) is 0.130. The Morgan fingerprint density at radius 1 is 0.897 bits per heavy atom. The number of hydrogen-bond donors (Lipinski definition) is 2. The monoisotopic (exact) mass is 390 g/mol. The Kier molecular flexibility index (Phi) is 6.47. The molecule has 3 aromatic carbocycles. The Bertz CT molecular complexity index is 1000. The number of aryl methyl sites for hydroxylation is 1. The van der Waals surface area contributed by atoms with Crippen LogP contribution in [0.2, 0.25) is 0 Å². The van der Waals surface area contributed by atoms with Gasteiger partial charge in [-0.1, -0.05) is 36.4 Å². The Morgan fingerprint density at radius 3 is 2.38 bits per heavy atom. The van der Waals surface area contributed by atoms with Crippen LogP contribution >= 0.6 is 0 Å². The van der Waals surface area contributed by atoms with E-state index in [1.165, 1.54) is 7.11 Å². The fourth-order valence-corrected chi connectivity index (χ4v) is 2.76. The minimum absolute atomic E-state index is 0.345. The van der Waals surface area contributed by atoms with Crippen molar-refractivity contribution in [2.75, 3.05) is 24.4 Å². The van der Waals surface area contributed by atoms with Gasteiger partial charge in [-0.05, 0) is 48.9 Å². The molecule has 0 saturated heterocycles. The summed E-state index contributed by atoms with van der Waals surface area (Å²) in [5.41, 5.74) is 3.29. The normalized spacial score (nSPS) is 10.1. The molecule has 6 nitrogen and oxygen atoms in total. The predicted octanol–water partition coefficient (Wildman–Crippen LogP) is 4.54. The third-order valence-corrected chi connectivity index (χ3v) is 4.16. The van der Waals surface area contributed by atoms with E-state index < -0.39 is 18.5 Å². The second-order valence-electron chi connectivity index (χ2n) is 6.36. The van der Waals surface area contributed by atoms with Crippen LogP contribution in [-0.2, 0) is 9.53 Å². The average molecular weight is 390 g/mol. The number of carbonyl (C=O) groups is 2. The van der Waals surface area contributed by atoms with Crippen molar-refractivity contribution in [3.05, 3.63) is 83.9 Å². The number of nitrogens with one attached hydrogen (secondary N) is 2. The minimum atomic E-state index is -0.588. The predicted molar refractivity (Wildman–Crippen MR) is 113 cm³/mol. The molecule has 0 bridgehead atoms. The van der Waals surface area contributed by atoms with E-state index >= 15 is 0 Å². The number of benzene rings is 3. The molecule has 3 rings (SSSR count). The minimum Gasteiger partial charge on any atom is -0.495 e. The average Bonchev–Trinajstić information content (AvgIpc) is 2.73. The fourth-order valence-electron chi connectivity index (χ4n) is 2.76. The highest BCUT2D eigenvalue weighted by atomic mass is 16.5. The number of ether oxygens (including phenoxy) is 2. The van der Waals surface area contributed by atoms with Crippen LogP contribution in [0.25, 0.3) is 0 Å². The van der Waals surface area contributed by atoms with Crippen LogP contribution < -0.4 is 15.4 Å². The third kappa shape index (κ3) is 5.35. The molecule has 0 aliphatic heterocycles. The van der Waals surface area contributed by atoms with Gasteiger partial charge in [-0.15, -0.1) is 0 Å². The number of carbonyl (C=O) groups excluding carboxylic acids is 2. The second-order valence-corrected chi connectivity index (χ2v) is 6.36. The Morgan fingerprint density at radius 2 is 1.62 bits per heavy atom. The van der Waals surface area contributed by atoms with Gasteiger partial charge in [-0.3, -0.25) is 4.79 Å². The van der Waals surface area contributed by atoms with Gasteiger partial charge >= 0.3 is 5.97 Å². The molecule has 0 aliphatic carbocycles. The van der Waals surface area contributed by atoms with Crippen LogP contribution in [0.5, 0.6) is 5.75 Å². The zero-order chi connectivity index (χ0) is 20.6. The van der Waals surface area contributed by atoms with Crippen LogP contribution in [0.15, 0.2) is 72.8 Å². The van der Waals surface area contributed by atoms with Crippen molar-refractivity contribution in [1.82, 2.24) is 0 Å². The summed E-state index contributed by atoms with van der Waals surface area (Å²) in [5, 5.41) is 5.89. The van der Waals surface area contributed by atoms with Gasteiger partial charge in [0.1, 0.15) is 5.75 Å². The summed E-state index contributed by atoms with van der Waals surface area (Å²) >= 11 is 0. The quantitative estimate of drug-likeness (QED) is 0.579. The number of anilines is 3. The summed E-state index contributed by atoms with van der Waals surface area (Å²) in [7, 11) is 1.52. The lowest BCUT2D eigenvalue weighted by molar-refractivity contribution is -0.119. The van der Waals surface area contributed by atoms with E-state index in [1.807, 2.05) is 49.4 Å². The molecule has 0 heterocycles. The van der Waals surface area contributed by atoms with Crippen molar-refractivity contribution in [3.63, 3.8) is 0 Å². The van der Waals surface area contributed by atoms with E-state index in [-0.39, 0.29) is 0 Å². The molecule has 0 atom stereocenters. The summed E-state index contributed by atoms with van der Waals surface area (Å²) < 4.78 is 10.5. The first-order valence-electron chi connectivity index (χ1n) is 9.09. The van der Waals surface area contributed by atoms with Gasteiger partial charge in [-0.2, -0.15) is 0 Å². The molecule has 148 valence electrons. The Hall–Kier alpha value is -3.80. The highest BCUT2D eigenvalue weighted by molar-refractivity contribution is 5.99. The van der Waals surface area contributed by atoms with Gasteiger partial charge in [0.15, 0.2) is 6.61 Å². The summed E-state index contributed by atoms with van der Waals surface area (Å²) in [6.07, 6.45) is 0. The molecule has 3 aromatic rings. The molecule has 0 fully saturated rings. The molecule has 0 aromatic heterocycles. The summed E-state index contributed by atoms with van der Waals surface area (Å²) in [5.74, 6) is -0.501. The maximum Gasteiger partial charge on any atom is 0.340 e.